The number of benzene rings is 4. The van der Waals surface area contributed by atoms with Crippen LogP contribution in [-0.2, 0) is 51.9 Å². The molecule has 4 aromatic carbocycles. The molecule has 15 rings (SSSR count). The lowest BCUT2D eigenvalue weighted by atomic mass is 9.97. The van der Waals surface area contributed by atoms with E-state index in [9.17, 15) is 0 Å². The highest BCUT2D eigenvalue weighted by molar-refractivity contribution is 6.18. The zero-order valence-electron chi connectivity index (χ0n) is 30.5. The van der Waals surface area contributed by atoms with Crippen LogP contribution in [0.4, 0.5) is 22.7 Å². The summed E-state index contributed by atoms with van der Waals surface area (Å²) in [6.45, 7) is 12.2. The first kappa shape index (κ1) is 34.4. The van der Waals surface area contributed by atoms with Gasteiger partial charge >= 0.3 is 0 Å². The molecule has 11 aliphatic rings. The van der Waals surface area contributed by atoms with Gasteiger partial charge in [0.05, 0.1) is 13.3 Å². The fourth-order valence-corrected chi connectivity index (χ4v) is 9.62. The van der Waals surface area contributed by atoms with E-state index in [1.165, 1.54) is 67.3 Å². The average molecular weight is 736 g/mol. The third kappa shape index (κ3) is 7.12. The highest BCUT2D eigenvalue weighted by Gasteiger charge is 2.31. The molecule has 0 saturated heterocycles. The van der Waals surface area contributed by atoms with Crippen molar-refractivity contribution in [1.29, 1.82) is 0 Å². The van der Waals surface area contributed by atoms with Crippen LogP contribution in [0.3, 0.4) is 0 Å². The van der Waals surface area contributed by atoms with Gasteiger partial charge in [-0.2, -0.15) is 0 Å². The third-order valence-corrected chi connectivity index (χ3v) is 12.7. The predicted octanol–water partition coefficient (Wildman–Crippen LogP) is 8.03. The van der Waals surface area contributed by atoms with Gasteiger partial charge in [-0.05, 0) is 120 Å². The van der Waals surface area contributed by atoms with E-state index in [2.05, 4.69) is 102 Å². The number of rotatable bonds is 6. The van der Waals surface area contributed by atoms with Crippen molar-refractivity contribution in [2.24, 2.45) is 0 Å². The summed E-state index contributed by atoms with van der Waals surface area (Å²) in [6.07, 6.45) is 6.30. The van der Waals surface area contributed by atoms with Crippen LogP contribution in [0.2, 0.25) is 0 Å². The summed E-state index contributed by atoms with van der Waals surface area (Å²) >= 11 is 12.4. The molecular formula is C44H52Cl2N6. The largest absolute Gasteiger partial charge is 0.349 e. The standard InChI is InChI=1S/C44H52Cl2N6/c45-15-1-17-47-19-11-33-3-7-41-37(23-33)27-49-31-51(41)29-39-25-35(5-9-43(39)49)13-21-48(18-2-16-46)22-14-36-6-10-44-40(26-36)30-52-32-50(44)28-38-24-34(12-20-47)4-8-42(38)52/h3-10,23-26H,1-2,11-22,27-32H2. The molecule has 16 bridgehead atoms. The van der Waals surface area contributed by atoms with Crippen molar-refractivity contribution in [2.45, 2.75) is 64.7 Å². The Kier molecular flexibility index (Phi) is 10.0. The summed E-state index contributed by atoms with van der Waals surface area (Å²) in [4.78, 5) is 15.6. The molecule has 0 saturated carbocycles. The van der Waals surface area contributed by atoms with Crippen LogP contribution in [0.5, 0.6) is 0 Å². The van der Waals surface area contributed by atoms with E-state index in [0.717, 1.165) is 117 Å². The van der Waals surface area contributed by atoms with Gasteiger partial charge in [-0.25, -0.2) is 0 Å². The van der Waals surface area contributed by atoms with E-state index in [0.29, 0.717) is 11.8 Å². The minimum atomic E-state index is 0.713. The van der Waals surface area contributed by atoms with Gasteiger partial charge in [0.2, 0.25) is 0 Å². The van der Waals surface area contributed by atoms with E-state index < -0.39 is 0 Å². The van der Waals surface area contributed by atoms with Gasteiger partial charge in [-0.3, -0.25) is 0 Å². The first-order valence-electron chi connectivity index (χ1n) is 19.6. The molecule has 11 aliphatic heterocycles. The average Bonchev–Trinajstić information content (AvgIpc) is 3.16. The second kappa shape index (κ2) is 15.1. The van der Waals surface area contributed by atoms with Crippen molar-refractivity contribution in [3.05, 3.63) is 117 Å². The van der Waals surface area contributed by atoms with Crippen LogP contribution in [-0.4, -0.2) is 74.2 Å². The summed E-state index contributed by atoms with van der Waals surface area (Å²) in [5.41, 5.74) is 17.2. The fourth-order valence-electron chi connectivity index (χ4n) is 9.38. The number of halogens is 2. The number of nitrogens with zero attached hydrogens (tertiary/aromatic N) is 6. The molecule has 52 heavy (non-hydrogen) atoms. The second-order valence-corrected chi connectivity index (χ2v) is 16.5. The van der Waals surface area contributed by atoms with Gasteiger partial charge in [0.25, 0.3) is 0 Å². The van der Waals surface area contributed by atoms with Gasteiger partial charge in [0, 0.05) is 86.9 Å². The van der Waals surface area contributed by atoms with Crippen molar-refractivity contribution >= 4 is 46.0 Å². The Morgan fingerprint density at radius 3 is 0.962 bits per heavy atom. The Hall–Kier alpha value is -3.42. The Morgan fingerprint density at radius 1 is 0.404 bits per heavy atom. The Morgan fingerprint density at radius 2 is 0.692 bits per heavy atom. The summed E-state index contributed by atoms with van der Waals surface area (Å²) in [6, 6.07) is 29.1. The molecule has 8 heteroatoms. The molecule has 0 amide bonds. The number of hydrogen-bond donors (Lipinski definition) is 0. The van der Waals surface area contributed by atoms with Crippen LogP contribution < -0.4 is 19.6 Å². The second-order valence-electron chi connectivity index (χ2n) is 15.7. The summed E-state index contributed by atoms with van der Waals surface area (Å²) in [5, 5.41) is 0. The van der Waals surface area contributed by atoms with E-state index in [1.54, 1.807) is 0 Å². The van der Waals surface area contributed by atoms with Crippen molar-refractivity contribution < 1.29 is 0 Å². The summed E-state index contributed by atoms with van der Waals surface area (Å²) in [7, 11) is 0. The minimum Gasteiger partial charge on any atom is -0.349 e. The number of hydrogen-bond acceptors (Lipinski definition) is 6. The maximum Gasteiger partial charge on any atom is 0.0910 e. The maximum absolute atomic E-state index is 6.22. The molecule has 0 radical (unpaired) electrons. The molecule has 0 fully saturated rings. The minimum absolute atomic E-state index is 0.713. The smallest absolute Gasteiger partial charge is 0.0910 e. The van der Waals surface area contributed by atoms with Gasteiger partial charge < -0.3 is 29.4 Å². The monoisotopic (exact) mass is 734 g/mol. The first-order chi connectivity index (χ1) is 25.6. The van der Waals surface area contributed by atoms with E-state index >= 15 is 0 Å². The van der Waals surface area contributed by atoms with Crippen molar-refractivity contribution in [1.82, 2.24) is 9.80 Å². The van der Waals surface area contributed by atoms with Crippen LogP contribution in [0, 0.1) is 0 Å². The molecule has 0 aliphatic carbocycles. The van der Waals surface area contributed by atoms with Crippen molar-refractivity contribution in [3.8, 4) is 0 Å². The third-order valence-electron chi connectivity index (χ3n) is 12.1. The molecule has 0 aromatic heterocycles. The number of alkyl halides is 2. The zero-order valence-corrected chi connectivity index (χ0v) is 32.0. The van der Waals surface area contributed by atoms with E-state index in [-0.39, 0.29) is 0 Å². The van der Waals surface area contributed by atoms with Crippen LogP contribution in [0.1, 0.15) is 57.3 Å². The lowest BCUT2D eigenvalue weighted by Crippen LogP contribution is -2.46. The van der Waals surface area contributed by atoms with Crippen LogP contribution in [0.15, 0.2) is 72.8 Å². The van der Waals surface area contributed by atoms with Gasteiger partial charge in [-0.15, -0.1) is 23.2 Å². The first-order valence-corrected chi connectivity index (χ1v) is 20.7. The summed E-state index contributed by atoms with van der Waals surface area (Å²) in [5.74, 6) is 1.43. The topological polar surface area (TPSA) is 19.4 Å². The van der Waals surface area contributed by atoms with Crippen molar-refractivity contribution in [3.63, 3.8) is 0 Å². The van der Waals surface area contributed by atoms with Gasteiger partial charge in [0.15, 0.2) is 0 Å². The predicted molar refractivity (Wildman–Crippen MR) is 219 cm³/mol. The van der Waals surface area contributed by atoms with E-state index in [4.69, 9.17) is 23.2 Å². The SMILES string of the molecule is ClCCCN1CCc2ccc3c(c2)CN2CN3Cc3cc(ccc32)CCN(CCCCl)CCc2ccc3c(c2)CN2CN3Cc3cc(ccc32)CC1. The number of anilines is 4. The Bertz CT molecular complexity index is 1650. The maximum atomic E-state index is 6.22. The summed E-state index contributed by atoms with van der Waals surface area (Å²) < 4.78 is 0. The Labute approximate surface area is 320 Å². The highest BCUT2D eigenvalue weighted by Crippen LogP contribution is 2.40. The molecule has 4 aromatic rings. The molecule has 272 valence electrons. The molecule has 11 heterocycles. The molecule has 0 unspecified atom stereocenters. The fraction of sp³-hybridized carbons (Fsp3) is 0.455. The zero-order chi connectivity index (χ0) is 35.0. The quantitative estimate of drug-likeness (QED) is 0.186. The van der Waals surface area contributed by atoms with E-state index in [1.807, 2.05) is 0 Å². The Balaban J connectivity index is 1.01. The van der Waals surface area contributed by atoms with Gasteiger partial charge in [0.1, 0.15) is 0 Å². The highest BCUT2D eigenvalue weighted by atomic mass is 35.5. The molecule has 6 nitrogen and oxygen atoms in total. The molecule has 0 spiro atoms. The molecular weight excluding hydrogens is 683 g/mol. The lowest BCUT2D eigenvalue weighted by Gasteiger charge is -2.45. The molecule has 0 N–H and O–H groups in total. The van der Waals surface area contributed by atoms with Gasteiger partial charge in [-0.1, -0.05) is 48.5 Å². The normalized spacial score (nSPS) is 18.8. The van der Waals surface area contributed by atoms with Crippen LogP contribution in [0.25, 0.3) is 0 Å². The molecule has 0 atom stereocenters. The lowest BCUT2D eigenvalue weighted by molar-refractivity contribution is 0.281. The van der Waals surface area contributed by atoms with Crippen molar-refractivity contribution in [2.75, 3.05) is 84.0 Å². The van der Waals surface area contributed by atoms with Crippen LogP contribution >= 0.6 is 23.2 Å².